The summed E-state index contributed by atoms with van der Waals surface area (Å²) in [4.78, 5) is 19.7. The third kappa shape index (κ3) is 3.40. The molecule has 6 nitrogen and oxygen atoms in total. The Labute approximate surface area is 137 Å². The minimum absolute atomic E-state index is 0.181. The van der Waals surface area contributed by atoms with Crippen LogP contribution in [-0.2, 0) is 12.8 Å². The number of aryl methyl sites for hydroxylation is 1. The zero-order valence-electron chi connectivity index (χ0n) is 12.9. The molecule has 3 rings (SSSR count). The van der Waals surface area contributed by atoms with Gasteiger partial charge in [-0.1, -0.05) is 13.3 Å². The van der Waals surface area contributed by atoms with Crippen LogP contribution in [-0.4, -0.2) is 20.2 Å². The van der Waals surface area contributed by atoms with E-state index in [1.807, 2.05) is 12.4 Å². The van der Waals surface area contributed by atoms with Crippen molar-refractivity contribution in [1.29, 1.82) is 0 Å². The smallest absolute Gasteiger partial charge is 0.250 e. The number of hydrogen-bond donors (Lipinski definition) is 3. The third-order valence-electron chi connectivity index (χ3n) is 3.73. The second-order valence-electron chi connectivity index (χ2n) is 5.42. The van der Waals surface area contributed by atoms with Gasteiger partial charge in [0, 0.05) is 28.9 Å². The number of nitrogens with one attached hydrogen (secondary N) is 2. The fourth-order valence-electron chi connectivity index (χ4n) is 2.61. The molecule has 0 spiro atoms. The number of H-pyrrole nitrogens is 2. The Morgan fingerprint density at radius 1 is 1.43 bits per heavy atom. The lowest BCUT2D eigenvalue weighted by molar-refractivity contribution is 0.661. The maximum absolute atomic E-state index is 11.5. The van der Waals surface area contributed by atoms with Crippen LogP contribution in [0.2, 0.25) is 0 Å². The molecule has 0 saturated heterocycles. The highest BCUT2D eigenvalue weighted by atomic mass is 32.1. The van der Waals surface area contributed by atoms with Gasteiger partial charge in [0.05, 0.1) is 12.2 Å². The number of nitrogens with two attached hydrogens (primary N) is 1. The van der Waals surface area contributed by atoms with Gasteiger partial charge in [-0.05, 0) is 29.3 Å². The van der Waals surface area contributed by atoms with Gasteiger partial charge in [-0.15, -0.1) is 11.3 Å². The predicted molar refractivity (Wildman–Crippen MR) is 91.4 cm³/mol. The largest absolute Gasteiger partial charge is 0.321 e. The number of nitrogens with zero attached hydrogens (tertiary/aromatic N) is 2. The van der Waals surface area contributed by atoms with Crippen LogP contribution in [0.1, 0.15) is 35.7 Å². The van der Waals surface area contributed by atoms with Crippen molar-refractivity contribution in [2.75, 3.05) is 0 Å². The van der Waals surface area contributed by atoms with Gasteiger partial charge in [0.2, 0.25) is 0 Å². The van der Waals surface area contributed by atoms with E-state index in [9.17, 15) is 4.79 Å². The molecular formula is C16H19N5OS. The molecule has 4 N–H and O–H groups in total. The first-order valence-corrected chi connectivity index (χ1v) is 8.46. The van der Waals surface area contributed by atoms with Crippen LogP contribution < -0.4 is 11.3 Å². The Bertz CT molecular complexity index is 821. The molecule has 120 valence electrons. The molecule has 0 amide bonds. The lowest BCUT2D eigenvalue weighted by atomic mass is 9.97. The van der Waals surface area contributed by atoms with Gasteiger partial charge in [-0.3, -0.25) is 9.89 Å². The zero-order chi connectivity index (χ0) is 16.2. The standard InChI is InChI=1S/C16H19N5OS/c1-2-3-14-11(12(9-23-14)10-7-19-20-8-10)6-13(17)16-18-5-4-15(22)21-16/h4-5,7-9,13H,2-3,6,17H2,1H3,(H,19,20)(H,18,21,22). The normalized spacial score (nSPS) is 12.4. The lowest BCUT2D eigenvalue weighted by Crippen LogP contribution is -2.21. The topological polar surface area (TPSA) is 100 Å². The summed E-state index contributed by atoms with van der Waals surface area (Å²) in [6.45, 7) is 2.16. The molecule has 0 aliphatic carbocycles. The summed E-state index contributed by atoms with van der Waals surface area (Å²) in [5.41, 5.74) is 9.54. The van der Waals surface area contributed by atoms with Crippen molar-refractivity contribution in [2.24, 2.45) is 5.73 Å². The molecule has 7 heteroatoms. The molecule has 0 aromatic carbocycles. The highest BCUT2D eigenvalue weighted by Crippen LogP contribution is 2.34. The van der Waals surface area contributed by atoms with E-state index in [0.717, 1.165) is 24.0 Å². The van der Waals surface area contributed by atoms with Gasteiger partial charge < -0.3 is 10.7 Å². The quantitative estimate of drug-likeness (QED) is 0.646. The summed E-state index contributed by atoms with van der Waals surface area (Å²) in [6, 6.07) is 1.04. The molecular weight excluding hydrogens is 310 g/mol. The van der Waals surface area contributed by atoms with E-state index in [4.69, 9.17) is 5.73 Å². The second-order valence-corrected chi connectivity index (χ2v) is 6.38. The number of aromatic amines is 2. The molecule has 0 aliphatic rings. The van der Waals surface area contributed by atoms with Gasteiger partial charge in [0.15, 0.2) is 0 Å². The van der Waals surface area contributed by atoms with Crippen molar-refractivity contribution in [2.45, 2.75) is 32.2 Å². The molecule has 3 heterocycles. The predicted octanol–water partition coefficient (Wildman–Crippen LogP) is 2.42. The minimum Gasteiger partial charge on any atom is -0.321 e. The molecule has 23 heavy (non-hydrogen) atoms. The Kier molecular flexibility index (Phi) is 4.68. The highest BCUT2D eigenvalue weighted by molar-refractivity contribution is 7.10. The molecule has 3 aromatic heterocycles. The molecule has 0 fully saturated rings. The average Bonchev–Trinajstić information content (AvgIpc) is 3.18. The van der Waals surface area contributed by atoms with Crippen LogP contribution in [0.4, 0.5) is 0 Å². The first kappa shape index (κ1) is 15.6. The molecule has 0 saturated carbocycles. The molecule has 3 aromatic rings. The van der Waals surface area contributed by atoms with E-state index in [1.165, 1.54) is 22.7 Å². The molecule has 0 bridgehead atoms. The van der Waals surface area contributed by atoms with E-state index in [-0.39, 0.29) is 11.6 Å². The van der Waals surface area contributed by atoms with Crippen LogP contribution in [0.3, 0.4) is 0 Å². The van der Waals surface area contributed by atoms with Gasteiger partial charge in [-0.2, -0.15) is 5.10 Å². The first-order valence-electron chi connectivity index (χ1n) is 7.58. The van der Waals surface area contributed by atoms with Crippen molar-refractivity contribution in [3.63, 3.8) is 0 Å². The van der Waals surface area contributed by atoms with Crippen LogP contribution in [0.5, 0.6) is 0 Å². The maximum atomic E-state index is 11.5. The molecule has 0 radical (unpaired) electrons. The highest BCUT2D eigenvalue weighted by Gasteiger charge is 2.18. The van der Waals surface area contributed by atoms with Crippen LogP contribution in [0, 0.1) is 0 Å². The van der Waals surface area contributed by atoms with E-state index >= 15 is 0 Å². The SMILES string of the molecule is CCCc1scc(-c2cn[nH]c2)c1CC(N)c1nccc(=O)[nH]1. The van der Waals surface area contributed by atoms with Gasteiger partial charge in [0.1, 0.15) is 5.82 Å². The van der Waals surface area contributed by atoms with Crippen molar-refractivity contribution >= 4 is 11.3 Å². The molecule has 1 atom stereocenters. The fraction of sp³-hybridized carbons (Fsp3) is 0.312. The number of hydrogen-bond acceptors (Lipinski definition) is 5. The summed E-state index contributed by atoms with van der Waals surface area (Å²) >= 11 is 1.75. The Morgan fingerprint density at radius 2 is 2.30 bits per heavy atom. The average molecular weight is 329 g/mol. The third-order valence-corrected chi connectivity index (χ3v) is 4.82. The van der Waals surface area contributed by atoms with E-state index in [2.05, 4.69) is 32.5 Å². The van der Waals surface area contributed by atoms with Crippen LogP contribution in [0.25, 0.3) is 11.1 Å². The van der Waals surface area contributed by atoms with Gasteiger partial charge >= 0.3 is 0 Å². The summed E-state index contributed by atoms with van der Waals surface area (Å²) < 4.78 is 0. The summed E-state index contributed by atoms with van der Waals surface area (Å²) in [7, 11) is 0. The number of thiophene rings is 1. The van der Waals surface area contributed by atoms with Crippen molar-refractivity contribution in [3.05, 3.63) is 56.7 Å². The van der Waals surface area contributed by atoms with Gasteiger partial charge in [-0.25, -0.2) is 4.98 Å². The van der Waals surface area contributed by atoms with Crippen LogP contribution in [0.15, 0.2) is 34.8 Å². The molecule has 1 unspecified atom stereocenters. The second kappa shape index (κ2) is 6.89. The number of rotatable bonds is 6. The summed E-state index contributed by atoms with van der Waals surface area (Å²) in [6.07, 6.45) is 7.92. The molecule has 0 aliphatic heterocycles. The zero-order valence-corrected chi connectivity index (χ0v) is 13.7. The van der Waals surface area contributed by atoms with Crippen molar-refractivity contribution in [3.8, 4) is 11.1 Å². The van der Waals surface area contributed by atoms with Crippen LogP contribution >= 0.6 is 11.3 Å². The first-order chi connectivity index (χ1) is 11.2. The van der Waals surface area contributed by atoms with Crippen molar-refractivity contribution < 1.29 is 0 Å². The van der Waals surface area contributed by atoms with E-state index in [1.54, 1.807) is 11.3 Å². The Morgan fingerprint density at radius 3 is 3.00 bits per heavy atom. The Hall–Kier alpha value is -2.25. The van der Waals surface area contributed by atoms with E-state index in [0.29, 0.717) is 12.2 Å². The maximum Gasteiger partial charge on any atom is 0.250 e. The monoisotopic (exact) mass is 329 g/mol. The minimum atomic E-state index is -0.347. The van der Waals surface area contributed by atoms with E-state index < -0.39 is 0 Å². The number of aromatic nitrogens is 4. The fourth-order valence-corrected chi connectivity index (χ4v) is 3.81. The lowest BCUT2D eigenvalue weighted by Gasteiger charge is -2.13. The Balaban J connectivity index is 1.94. The van der Waals surface area contributed by atoms with Gasteiger partial charge in [0.25, 0.3) is 5.56 Å². The van der Waals surface area contributed by atoms with Crippen molar-refractivity contribution in [1.82, 2.24) is 20.2 Å². The summed E-state index contributed by atoms with van der Waals surface area (Å²) in [5.74, 6) is 0.518. The summed E-state index contributed by atoms with van der Waals surface area (Å²) in [5, 5.41) is 9.04.